The summed E-state index contributed by atoms with van der Waals surface area (Å²) in [5.74, 6) is 0.933. The third kappa shape index (κ3) is 4.26. The predicted octanol–water partition coefficient (Wildman–Crippen LogP) is 2.24. The number of ether oxygens (including phenoxy) is 1. The Morgan fingerprint density at radius 2 is 2.17 bits per heavy atom. The van der Waals surface area contributed by atoms with Gasteiger partial charge in [0, 0.05) is 19.6 Å². The molecule has 0 spiro atoms. The molecule has 3 rings (SSSR count). The molecule has 2 amide bonds. The van der Waals surface area contributed by atoms with Crippen molar-refractivity contribution in [3.8, 4) is 0 Å². The van der Waals surface area contributed by atoms with Gasteiger partial charge in [-0.3, -0.25) is 4.90 Å². The molecule has 2 atom stereocenters. The highest BCUT2D eigenvalue weighted by atomic mass is 16.5. The van der Waals surface area contributed by atoms with Crippen LogP contribution < -0.4 is 5.32 Å². The van der Waals surface area contributed by atoms with E-state index in [9.17, 15) is 4.79 Å². The van der Waals surface area contributed by atoms with Gasteiger partial charge in [0.05, 0.1) is 25.0 Å². The fourth-order valence-electron chi connectivity index (χ4n) is 3.42. The first-order valence-electron chi connectivity index (χ1n) is 8.66. The Bertz CT molecular complexity index is 485. The van der Waals surface area contributed by atoms with E-state index in [0.29, 0.717) is 26.2 Å². The minimum atomic E-state index is -0.00582. The quantitative estimate of drug-likeness (QED) is 0.924. The molecular weight excluding hydrogens is 294 g/mol. The Kier molecular flexibility index (Phi) is 5.56. The summed E-state index contributed by atoms with van der Waals surface area (Å²) in [4.78, 5) is 16.7. The molecular formula is C17H27N3O3. The van der Waals surface area contributed by atoms with Crippen molar-refractivity contribution in [2.24, 2.45) is 0 Å². The molecule has 2 fully saturated rings. The molecule has 0 unspecified atom stereocenters. The summed E-state index contributed by atoms with van der Waals surface area (Å²) in [7, 11) is 0. The number of amides is 2. The topological polar surface area (TPSA) is 58.0 Å². The number of hydrogen-bond donors (Lipinski definition) is 1. The molecule has 2 aliphatic heterocycles. The number of carbonyl (C=O) groups is 1. The van der Waals surface area contributed by atoms with Gasteiger partial charge >= 0.3 is 6.03 Å². The lowest BCUT2D eigenvalue weighted by Crippen LogP contribution is -2.50. The van der Waals surface area contributed by atoms with Crippen molar-refractivity contribution < 1.29 is 13.9 Å². The number of rotatable bonds is 4. The van der Waals surface area contributed by atoms with Crippen molar-refractivity contribution in [2.45, 2.75) is 38.3 Å². The van der Waals surface area contributed by atoms with Crippen LogP contribution in [0.3, 0.4) is 0 Å². The van der Waals surface area contributed by atoms with Crippen LogP contribution in [0.5, 0.6) is 0 Å². The monoisotopic (exact) mass is 321 g/mol. The molecule has 0 saturated carbocycles. The number of piperidine rings is 1. The van der Waals surface area contributed by atoms with Crippen LogP contribution in [0.15, 0.2) is 22.8 Å². The van der Waals surface area contributed by atoms with Gasteiger partial charge in [0.15, 0.2) is 0 Å². The number of morpholine rings is 1. The van der Waals surface area contributed by atoms with Crippen molar-refractivity contribution in [3.63, 3.8) is 0 Å². The molecule has 0 radical (unpaired) electrons. The summed E-state index contributed by atoms with van der Waals surface area (Å²) in [6, 6.07) is 4.03. The number of carbonyl (C=O) groups excluding carboxylic acids is 1. The van der Waals surface area contributed by atoms with Gasteiger partial charge in [-0.1, -0.05) is 6.42 Å². The normalized spacial score (nSPS) is 24.4. The van der Waals surface area contributed by atoms with Gasteiger partial charge in [-0.2, -0.15) is 0 Å². The van der Waals surface area contributed by atoms with Gasteiger partial charge in [-0.15, -0.1) is 0 Å². The van der Waals surface area contributed by atoms with Crippen LogP contribution in [0.4, 0.5) is 4.79 Å². The van der Waals surface area contributed by atoms with Crippen molar-refractivity contribution in [1.29, 1.82) is 0 Å². The Balaban J connectivity index is 1.58. The van der Waals surface area contributed by atoms with Gasteiger partial charge in [0.2, 0.25) is 0 Å². The molecule has 2 saturated heterocycles. The van der Waals surface area contributed by atoms with Crippen LogP contribution >= 0.6 is 0 Å². The Labute approximate surface area is 137 Å². The van der Waals surface area contributed by atoms with E-state index in [4.69, 9.17) is 9.15 Å². The first-order chi connectivity index (χ1) is 11.2. The summed E-state index contributed by atoms with van der Waals surface area (Å²) < 4.78 is 11.1. The lowest BCUT2D eigenvalue weighted by molar-refractivity contribution is -0.00381. The average Bonchev–Trinajstić information content (AvgIpc) is 3.10. The minimum Gasteiger partial charge on any atom is -0.468 e. The second kappa shape index (κ2) is 7.84. The zero-order valence-corrected chi connectivity index (χ0v) is 13.9. The standard InChI is InChI=1S/C17H27N3O3/c1-14-13-20(9-11-22-14)17(21)18-12-15(16-6-5-10-23-16)19-7-3-2-4-8-19/h5-6,10,14-15H,2-4,7-9,11-13H2,1H3,(H,18,21)/t14-,15+/m1/s1. The Hall–Kier alpha value is -1.53. The van der Waals surface area contributed by atoms with Crippen molar-refractivity contribution in [2.75, 3.05) is 39.3 Å². The van der Waals surface area contributed by atoms with Gasteiger partial charge < -0.3 is 19.4 Å². The van der Waals surface area contributed by atoms with Crippen LogP contribution in [0.2, 0.25) is 0 Å². The van der Waals surface area contributed by atoms with E-state index in [1.807, 2.05) is 24.0 Å². The molecule has 0 bridgehead atoms. The van der Waals surface area contributed by atoms with Crippen LogP contribution in [-0.2, 0) is 4.74 Å². The summed E-state index contributed by atoms with van der Waals surface area (Å²) in [6.07, 6.45) is 5.53. The van der Waals surface area contributed by atoms with Gasteiger partial charge in [-0.05, 0) is 45.0 Å². The molecule has 1 N–H and O–H groups in total. The number of hydrogen-bond acceptors (Lipinski definition) is 4. The van der Waals surface area contributed by atoms with E-state index >= 15 is 0 Å². The fraction of sp³-hybridized carbons (Fsp3) is 0.706. The maximum atomic E-state index is 12.4. The molecule has 0 aromatic carbocycles. The number of nitrogens with zero attached hydrogens (tertiary/aromatic N) is 2. The summed E-state index contributed by atoms with van der Waals surface area (Å²) in [5.41, 5.74) is 0. The molecule has 0 aliphatic carbocycles. The SMILES string of the molecule is C[C@@H]1CN(C(=O)NC[C@@H](c2ccco2)N2CCCCC2)CCO1. The van der Waals surface area contributed by atoms with E-state index in [0.717, 1.165) is 18.8 Å². The number of nitrogens with one attached hydrogen (secondary N) is 1. The Morgan fingerprint density at radius 1 is 1.35 bits per heavy atom. The van der Waals surface area contributed by atoms with Gasteiger partial charge in [0.1, 0.15) is 5.76 Å². The smallest absolute Gasteiger partial charge is 0.317 e. The molecule has 6 nitrogen and oxygen atoms in total. The molecule has 128 valence electrons. The fourth-order valence-corrected chi connectivity index (χ4v) is 3.42. The van der Waals surface area contributed by atoms with E-state index in [2.05, 4.69) is 10.2 Å². The lowest BCUT2D eigenvalue weighted by atomic mass is 10.1. The van der Waals surface area contributed by atoms with Crippen molar-refractivity contribution in [3.05, 3.63) is 24.2 Å². The highest BCUT2D eigenvalue weighted by molar-refractivity contribution is 5.74. The maximum absolute atomic E-state index is 12.4. The number of furan rings is 1. The van der Waals surface area contributed by atoms with Crippen LogP contribution in [0.25, 0.3) is 0 Å². The third-order valence-corrected chi connectivity index (χ3v) is 4.68. The summed E-state index contributed by atoms with van der Waals surface area (Å²) >= 11 is 0. The Morgan fingerprint density at radius 3 is 2.87 bits per heavy atom. The first kappa shape index (κ1) is 16.3. The second-order valence-corrected chi connectivity index (χ2v) is 6.44. The van der Waals surface area contributed by atoms with E-state index in [1.54, 1.807) is 6.26 Å². The van der Waals surface area contributed by atoms with Crippen LogP contribution in [0.1, 0.15) is 38.0 Å². The number of urea groups is 1. The van der Waals surface area contributed by atoms with E-state index in [1.165, 1.54) is 19.3 Å². The van der Waals surface area contributed by atoms with Crippen LogP contribution in [-0.4, -0.2) is 61.3 Å². The largest absolute Gasteiger partial charge is 0.468 e. The van der Waals surface area contributed by atoms with Crippen LogP contribution in [0, 0.1) is 0 Å². The minimum absolute atomic E-state index is 0.00582. The zero-order chi connectivity index (χ0) is 16.1. The molecule has 1 aromatic rings. The second-order valence-electron chi connectivity index (χ2n) is 6.44. The van der Waals surface area contributed by atoms with Crippen molar-refractivity contribution >= 4 is 6.03 Å². The first-order valence-corrected chi connectivity index (χ1v) is 8.66. The number of likely N-dealkylation sites (tertiary alicyclic amines) is 1. The zero-order valence-electron chi connectivity index (χ0n) is 13.9. The molecule has 6 heteroatoms. The van der Waals surface area contributed by atoms with E-state index in [-0.39, 0.29) is 18.2 Å². The third-order valence-electron chi connectivity index (χ3n) is 4.68. The predicted molar refractivity (Wildman–Crippen MR) is 87.3 cm³/mol. The molecule has 1 aromatic heterocycles. The highest BCUT2D eigenvalue weighted by Crippen LogP contribution is 2.24. The summed E-state index contributed by atoms with van der Waals surface area (Å²) in [5, 5.41) is 3.09. The highest BCUT2D eigenvalue weighted by Gasteiger charge is 2.27. The molecule has 23 heavy (non-hydrogen) atoms. The van der Waals surface area contributed by atoms with Crippen molar-refractivity contribution in [1.82, 2.24) is 15.1 Å². The summed E-state index contributed by atoms with van der Waals surface area (Å²) in [6.45, 7) is 6.64. The molecule has 3 heterocycles. The lowest BCUT2D eigenvalue weighted by Gasteiger charge is -2.35. The maximum Gasteiger partial charge on any atom is 0.317 e. The molecule has 2 aliphatic rings. The van der Waals surface area contributed by atoms with Gasteiger partial charge in [-0.25, -0.2) is 4.79 Å². The van der Waals surface area contributed by atoms with E-state index < -0.39 is 0 Å². The average molecular weight is 321 g/mol. The van der Waals surface area contributed by atoms with Gasteiger partial charge in [0.25, 0.3) is 0 Å².